The Morgan fingerprint density at radius 1 is 1.08 bits per heavy atom. The molecule has 5 rings (SSSR count). The van der Waals surface area contributed by atoms with Crippen LogP contribution in [0.4, 0.5) is 0 Å². The smallest absolute Gasteiger partial charge is 0.0933 e. The van der Waals surface area contributed by atoms with Gasteiger partial charge in [0, 0.05) is 17.5 Å². The summed E-state index contributed by atoms with van der Waals surface area (Å²) in [6, 6.07) is 0.567. The third kappa shape index (κ3) is 1.93. The zero-order valence-corrected chi connectivity index (χ0v) is 15.9. The SMILES string of the molecule is C[C@]12CC3C=NNC3C[C@@H]1CC[C@@H]1[C@@H]2CC[C@@]2(C)[C@H]1C[C@H](O)[C@]2(C)O. The van der Waals surface area contributed by atoms with Crippen LogP contribution in [0.1, 0.15) is 65.7 Å². The highest BCUT2D eigenvalue weighted by Crippen LogP contribution is 2.68. The van der Waals surface area contributed by atoms with E-state index in [-0.39, 0.29) is 5.41 Å². The fourth-order valence-corrected chi connectivity index (χ4v) is 8.15. The molecule has 1 heterocycles. The lowest BCUT2D eigenvalue weighted by Crippen LogP contribution is -2.58. The molecule has 4 heteroatoms. The summed E-state index contributed by atoms with van der Waals surface area (Å²) in [4.78, 5) is 0. The van der Waals surface area contributed by atoms with E-state index in [1.807, 2.05) is 6.92 Å². The van der Waals surface area contributed by atoms with Gasteiger partial charge in [0.15, 0.2) is 0 Å². The van der Waals surface area contributed by atoms with Crippen LogP contribution in [0.25, 0.3) is 0 Å². The van der Waals surface area contributed by atoms with Crippen molar-refractivity contribution < 1.29 is 10.2 Å². The second-order valence-electron chi connectivity index (χ2n) is 10.6. The minimum Gasteiger partial charge on any atom is -0.390 e. The van der Waals surface area contributed by atoms with Crippen molar-refractivity contribution in [3.05, 3.63) is 0 Å². The van der Waals surface area contributed by atoms with E-state index in [2.05, 4.69) is 30.6 Å². The van der Waals surface area contributed by atoms with E-state index < -0.39 is 11.7 Å². The maximum Gasteiger partial charge on any atom is 0.0933 e. The van der Waals surface area contributed by atoms with Crippen LogP contribution in [-0.4, -0.2) is 34.2 Å². The normalized spacial score (nSPS) is 62.5. The lowest BCUT2D eigenvalue weighted by Gasteiger charge is -2.62. The van der Waals surface area contributed by atoms with Gasteiger partial charge in [0.05, 0.1) is 17.7 Å². The number of hydrogen-bond donors (Lipinski definition) is 3. The lowest BCUT2D eigenvalue weighted by atomic mass is 9.43. The van der Waals surface area contributed by atoms with Crippen molar-refractivity contribution in [3.8, 4) is 0 Å². The predicted molar refractivity (Wildman–Crippen MR) is 98.0 cm³/mol. The second kappa shape index (κ2) is 5.01. The molecular weight excluding hydrogens is 312 g/mol. The first kappa shape index (κ1) is 16.6. The first-order valence-corrected chi connectivity index (χ1v) is 10.5. The predicted octanol–water partition coefficient (Wildman–Crippen LogP) is 2.93. The number of aliphatic hydroxyl groups is 2. The van der Waals surface area contributed by atoms with Gasteiger partial charge in [0.2, 0.25) is 0 Å². The molecule has 0 aromatic rings. The highest BCUT2D eigenvalue weighted by molar-refractivity contribution is 5.64. The Kier molecular flexibility index (Phi) is 3.32. The van der Waals surface area contributed by atoms with Crippen LogP contribution in [-0.2, 0) is 0 Å². The van der Waals surface area contributed by atoms with Gasteiger partial charge in [0.1, 0.15) is 0 Å². The van der Waals surface area contributed by atoms with E-state index in [0.717, 1.165) is 24.7 Å². The third-order valence-electron chi connectivity index (χ3n) is 9.97. The Bertz CT molecular complexity index is 605. The van der Waals surface area contributed by atoms with E-state index in [4.69, 9.17) is 0 Å². The highest BCUT2D eigenvalue weighted by Gasteiger charge is 2.66. The summed E-state index contributed by atoms with van der Waals surface area (Å²) in [6.07, 6.45) is 9.80. The highest BCUT2D eigenvalue weighted by atomic mass is 16.3. The molecular formula is C21H34N2O2. The number of nitrogens with zero attached hydrogens (tertiary/aromatic N) is 1. The molecule has 2 unspecified atom stereocenters. The lowest BCUT2D eigenvalue weighted by molar-refractivity contribution is -0.162. The first-order valence-electron chi connectivity index (χ1n) is 10.5. The van der Waals surface area contributed by atoms with Gasteiger partial charge in [-0.1, -0.05) is 13.8 Å². The van der Waals surface area contributed by atoms with E-state index in [1.54, 1.807) is 0 Å². The molecule has 0 amide bonds. The van der Waals surface area contributed by atoms with E-state index in [0.29, 0.717) is 29.2 Å². The van der Waals surface area contributed by atoms with Gasteiger partial charge in [-0.2, -0.15) is 5.10 Å². The van der Waals surface area contributed by atoms with Gasteiger partial charge < -0.3 is 15.6 Å². The van der Waals surface area contributed by atoms with Crippen LogP contribution in [0.2, 0.25) is 0 Å². The van der Waals surface area contributed by atoms with Crippen molar-refractivity contribution in [2.75, 3.05) is 0 Å². The summed E-state index contributed by atoms with van der Waals surface area (Å²) in [5.41, 5.74) is 2.70. The van der Waals surface area contributed by atoms with Crippen LogP contribution < -0.4 is 5.43 Å². The Morgan fingerprint density at radius 2 is 1.88 bits per heavy atom. The maximum absolute atomic E-state index is 11.1. The number of rotatable bonds is 0. The standard InChI is InChI=1S/C21H34N2O2/c1-19-10-12-11-22-23-17(12)8-13(19)4-5-14-15(19)6-7-20(2)16(14)9-18(24)21(20,3)25/h11-18,23-25H,4-10H2,1-3H3/t12?,13-,14+,15-,16-,17?,18-,19-,20-,21-/m0/s1. The maximum atomic E-state index is 11.1. The van der Waals surface area contributed by atoms with Crippen molar-refractivity contribution in [1.82, 2.24) is 5.43 Å². The number of fused-ring (bicyclic) bond motifs is 6. The zero-order chi connectivity index (χ0) is 17.6. The van der Waals surface area contributed by atoms with Crippen LogP contribution in [0.3, 0.4) is 0 Å². The molecule has 0 aromatic heterocycles. The largest absolute Gasteiger partial charge is 0.390 e. The van der Waals surface area contributed by atoms with Crippen LogP contribution in [0.5, 0.6) is 0 Å². The number of nitrogens with one attached hydrogen (secondary N) is 1. The molecule has 4 aliphatic carbocycles. The quantitative estimate of drug-likeness (QED) is 0.632. The summed E-state index contributed by atoms with van der Waals surface area (Å²) >= 11 is 0. The second-order valence-corrected chi connectivity index (χ2v) is 10.6. The van der Waals surface area contributed by atoms with Gasteiger partial charge in [0.25, 0.3) is 0 Å². The first-order chi connectivity index (χ1) is 11.8. The van der Waals surface area contributed by atoms with E-state index in [1.165, 1.54) is 32.1 Å². The molecule has 3 N–H and O–H groups in total. The molecule has 4 nitrogen and oxygen atoms in total. The summed E-state index contributed by atoms with van der Waals surface area (Å²) in [7, 11) is 0. The van der Waals surface area contributed by atoms with Gasteiger partial charge in [-0.05, 0) is 81.0 Å². The molecule has 25 heavy (non-hydrogen) atoms. The average Bonchev–Trinajstić information content (AvgIpc) is 3.07. The molecule has 0 radical (unpaired) electrons. The molecule has 0 aromatic carbocycles. The summed E-state index contributed by atoms with van der Waals surface area (Å²) in [6.45, 7) is 6.70. The molecule has 140 valence electrons. The zero-order valence-electron chi connectivity index (χ0n) is 15.9. The molecule has 10 atom stereocenters. The fraction of sp³-hybridized carbons (Fsp3) is 0.952. The Morgan fingerprint density at radius 3 is 2.68 bits per heavy atom. The molecule has 0 spiro atoms. The Labute approximate surface area is 151 Å². The molecule has 4 saturated carbocycles. The van der Waals surface area contributed by atoms with Crippen LogP contribution >= 0.6 is 0 Å². The van der Waals surface area contributed by atoms with E-state index >= 15 is 0 Å². The van der Waals surface area contributed by atoms with Gasteiger partial charge in [-0.3, -0.25) is 0 Å². The van der Waals surface area contributed by atoms with Gasteiger partial charge >= 0.3 is 0 Å². The average molecular weight is 347 g/mol. The summed E-state index contributed by atoms with van der Waals surface area (Å²) in [5, 5.41) is 26.0. The van der Waals surface area contributed by atoms with E-state index in [9.17, 15) is 10.2 Å². The van der Waals surface area contributed by atoms with Crippen molar-refractivity contribution >= 4 is 6.21 Å². The minimum atomic E-state index is -0.930. The molecule has 1 aliphatic heterocycles. The molecule has 0 bridgehead atoms. The molecule has 5 aliphatic rings. The number of hydrogen-bond acceptors (Lipinski definition) is 4. The molecule has 0 saturated heterocycles. The third-order valence-corrected chi connectivity index (χ3v) is 9.97. The van der Waals surface area contributed by atoms with Crippen molar-refractivity contribution in [1.29, 1.82) is 0 Å². The van der Waals surface area contributed by atoms with Gasteiger partial charge in [-0.25, -0.2) is 0 Å². The fourth-order valence-electron chi connectivity index (χ4n) is 8.15. The minimum absolute atomic E-state index is 0.121. The van der Waals surface area contributed by atoms with Crippen molar-refractivity contribution in [2.45, 2.75) is 83.5 Å². The molecule has 4 fully saturated rings. The summed E-state index contributed by atoms with van der Waals surface area (Å²) < 4.78 is 0. The number of aliphatic hydroxyl groups excluding tert-OH is 1. The van der Waals surface area contributed by atoms with Gasteiger partial charge in [-0.15, -0.1) is 0 Å². The monoisotopic (exact) mass is 346 g/mol. The van der Waals surface area contributed by atoms with Crippen LogP contribution in [0.15, 0.2) is 5.10 Å². The van der Waals surface area contributed by atoms with Crippen LogP contribution in [0, 0.1) is 40.4 Å². The topological polar surface area (TPSA) is 64.9 Å². The number of hydrazone groups is 1. The Hall–Kier alpha value is -0.610. The Balaban J connectivity index is 1.47. The summed E-state index contributed by atoms with van der Waals surface area (Å²) in [5.74, 6) is 3.31. The van der Waals surface area contributed by atoms with Crippen molar-refractivity contribution in [3.63, 3.8) is 0 Å². The van der Waals surface area contributed by atoms with Crippen molar-refractivity contribution in [2.24, 2.45) is 45.5 Å².